The van der Waals surface area contributed by atoms with Crippen LogP contribution in [0.5, 0.6) is 0 Å². The third kappa shape index (κ3) is 4.87. The van der Waals surface area contributed by atoms with E-state index in [2.05, 4.69) is 192 Å². The number of anilines is 4. The molecule has 3 aliphatic heterocycles. The van der Waals surface area contributed by atoms with Gasteiger partial charge in [-0.15, -0.1) is 11.3 Å². The summed E-state index contributed by atoms with van der Waals surface area (Å²) in [6, 6.07) is 48.8. The van der Waals surface area contributed by atoms with Gasteiger partial charge in [0, 0.05) is 64.4 Å². The van der Waals surface area contributed by atoms with E-state index in [0.717, 1.165) is 17.6 Å². The molecule has 2 unspecified atom stereocenters. The van der Waals surface area contributed by atoms with Crippen LogP contribution < -0.4 is 20.6 Å². The zero-order valence-electron chi connectivity index (χ0n) is 37.7. The van der Waals surface area contributed by atoms with Crippen molar-refractivity contribution in [2.45, 2.75) is 103 Å². The molecule has 3 nitrogen and oxygen atoms in total. The summed E-state index contributed by atoms with van der Waals surface area (Å²) in [7, 11) is 0. The highest BCUT2D eigenvalue weighted by Crippen LogP contribution is 2.64. The molecule has 1 saturated carbocycles. The van der Waals surface area contributed by atoms with Crippen molar-refractivity contribution in [1.82, 2.24) is 0 Å². The van der Waals surface area contributed by atoms with Gasteiger partial charge in [0.05, 0.1) is 11.4 Å². The molecule has 0 amide bonds. The monoisotopic (exact) mass is 836 g/mol. The van der Waals surface area contributed by atoms with Gasteiger partial charge < -0.3 is 14.1 Å². The van der Waals surface area contributed by atoms with Crippen LogP contribution in [0.15, 0.2) is 132 Å². The van der Waals surface area contributed by atoms with Gasteiger partial charge >= 0.3 is 6.85 Å². The molecule has 0 bridgehead atoms. The topological polar surface area (TPSA) is 19.6 Å². The Bertz CT molecular complexity index is 3440. The maximum atomic E-state index is 6.87. The number of furan rings is 1. The summed E-state index contributed by atoms with van der Waals surface area (Å²) in [6.07, 6.45) is 4.83. The summed E-state index contributed by atoms with van der Waals surface area (Å²) in [5.41, 5.74) is 19.3. The van der Waals surface area contributed by atoms with Gasteiger partial charge in [-0.1, -0.05) is 140 Å². The molecule has 1 aliphatic carbocycles. The average molecular weight is 837 g/mol. The second-order valence-corrected chi connectivity index (χ2v) is 22.7. The zero-order valence-corrected chi connectivity index (χ0v) is 38.6. The highest BCUT2D eigenvalue weighted by atomic mass is 32.1. The summed E-state index contributed by atoms with van der Waals surface area (Å²) >= 11 is 1.95. The molecular weight excluding hydrogens is 784 g/mol. The molecule has 310 valence electrons. The van der Waals surface area contributed by atoms with E-state index in [1.807, 2.05) is 11.3 Å². The molecule has 7 aromatic carbocycles. The summed E-state index contributed by atoms with van der Waals surface area (Å²) in [4.78, 5) is 5.70. The van der Waals surface area contributed by atoms with E-state index in [4.69, 9.17) is 4.42 Å². The standard InChI is InChI=1S/C58H53BN2OS/c1-55(2,3)35-24-25-43(39(30-35)34-18-10-9-11-19-34)60-44-26-27-46-49(37-20-12-14-22-45(37)62-46)52(44)59-51-40(33-48-50(54(51)60)38-21-13-15-23-47(38)63-48)41-31-36(56(4,5)6)32-42-53(41)61(59)58(8)29-17-16-28-57(42,58)7/h9-15,18-27,30-33H,16-17,28-29H2,1-8H3. The second-order valence-electron chi connectivity index (χ2n) is 21.6. The van der Waals surface area contributed by atoms with Crippen molar-refractivity contribution in [3.63, 3.8) is 0 Å². The number of hydrogen-bond donors (Lipinski definition) is 0. The molecule has 1 fully saturated rings. The second kappa shape index (κ2) is 12.5. The lowest BCUT2D eigenvalue weighted by atomic mass is 9.41. The van der Waals surface area contributed by atoms with Crippen molar-refractivity contribution in [1.29, 1.82) is 0 Å². The van der Waals surface area contributed by atoms with Crippen LogP contribution in [0, 0.1) is 0 Å². The summed E-state index contributed by atoms with van der Waals surface area (Å²) < 4.78 is 9.54. The molecule has 13 rings (SSSR count). The molecule has 63 heavy (non-hydrogen) atoms. The lowest BCUT2D eigenvalue weighted by Gasteiger charge is -2.55. The van der Waals surface area contributed by atoms with Crippen LogP contribution in [-0.4, -0.2) is 12.4 Å². The number of thiophene rings is 1. The highest BCUT2D eigenvalue weighted by molar-refractivity contribution is 7.26. The maximum absolute atomic E-state index is 6.87. The SMILES string of the molecule is CC(C)(C)c1ccc(N2c3ccc4oc5ccccc5c4c3B3c4c(cc5sc6ccccc6c5c42)-c2cc(C(C)(C)C)cc4c2N3C2(C)CCCCC42C)c(-c2ccccc2)c1. The van der Waals surface area contributed by atoms with E-state index < -0.39 is 0 Å². The Labute approximate surface area is 375 Å². The smallest absolute Gasteiger partial charge is 0.329 e. The third-order valence-electron chi connectivity index (χ3n) is 16.1. The van der Waals surface area contributed by atoms with Crippen LogP contribution in [0.2, 0.25) is 0 Å². The molecule has 5 heterocycles. The molecule has 2 atom stereocenters. The molecule has 0 radical (unpaired) electrons. The highest BCUT2D eigenvalue weighted by Gasteiger charge is 2.63. The Hall–Kier alpha value is -5.78. The summed E-state index contributed by atoms with van der Waals surface area (Å²) in [6.45, 7) is 19.4. The van der Waals surface area contributed by atoms with Gasteiger partial charge in [-0.25, -0.2) is 0 Å². The largest absolute Gasteiger partial charge is 0.456 e. The number of benzene rings is 7. The average Bonchev–Trinajstić information content (AvgIpc) is 3.91. The number of fused-ring (bicyclic) bond motifs is 15. The number of nitrogens with zero attached hydrogens (tertiary/aromatic N) is 2. The van der Waals surface area contributed by atoms with Crippen molar-refractivity contribution >= 4 is 94.0 Å². The number of para-hydroxylation sites is 1. The van der Waals surface area contributed by atoms with E-state index in [9.17, 15) is 0 Å². The minimum atomic E-state index is -0.116. The zero-order chi connectivity index (χ0) is 42.9. The van der Waals surface area contributed by atoms with Crippen LogP contribution >= 0.6 is 11.3 Å². The Balaban J connectivity index is 1.27. The van der Waals surface area contributed by atoms with Crippen LogP contribution in [0.3, 0.4) is 0 Å². The quantitative estimate of drug-likeness (QED) is 0.162. The molecule has 4 aliphatic rings. The molecule has 0 spiro atoms. The summed E-state index contributed by atoms with van der Waals surface area (Å²) in [5, 5.41) is 5.11. The first-order chi connectivity index (χ1) is 30.3. The fourth-order valence-corrected chi connectivity index (χ4v) is 13.8. The lowest BCUT2D eigenvalue weighted by Crippen LogP contribution is -2.70. The maximum Gasteiger partial charge on any atom is 0.329 e. The first-order valence-corrected chi connectivity index (χ1v) is 24.0. The van der Waals surface area contributed by atoms with Crippen molar-refractivity contribution in [3.8, 4) is 22.3 Å². The Morgan fingerprint density at radius 1 is 0.571 bits per heavy atom. The van der Waals surface area contributed by atoms with E-state index in [1.165, 1.54) is 117 Å². The minimum absolute atomic E-state index is 0.0150. The molecule has 5 heteroatoms. The molecule has 0 saturated heterocycles. The Morgan fingerprint density at radius 3 is 2.06 bits per heavy atom. The van der Waals surface area contributed by atoms with Crippen molar-refractivity contribution in [2.75, 3.05) is 9.71 Å². The summed E-state index contributed by atoms with van der Waals surface area (Å²) in [5.74, 6) is 0. The molecule has 2 aromatic heterocycles. The van der Waals surface area contributed by atoms with E-state index in [1.54, 1.807) is 5.56 Å². The van der Waals surface area contributed by atoms with Gasteiger partial charge in [0.1, 0.15) is 11.2 Å². The normalized spacial score (nSPS) is 20.2. The van der Waals surface area contributed by atoms with Gasteiger partial charge in [-0.3, -0.25) is 0 Å². The van der Waals surface area contributed by atoms with Gasteiger partial charge in [0.2, 0.25) is 0 Å². The number of rotatable bonds is 2. The fourth-order valence-electron chi connectivity index (χ4n) is 12.7. The Morgan fingerprint density at radius 2 is 1.27 bits per heavy atom. The first kappa shape index (κ1) is 37.8. The van der Waals surface area contributed by atoms with Gasteiger partial charge in [0.15, 0.2) is 0 Å². The van der Waals surface area contributed by atoms with E-state index in [0.29, 0.717) is 0 Å². The molecule has 0 N–H and O–H groups in total. The first-order valence-electron chi connectivity index (χ1n) is 23.2. The van der Waals surface area contributed by atoms with E-state index >= 15 is 0 Å². The molecular formula is C58H53BN2OS. The van der Waals surface area contributed by atoms with Crippen LogP contribution in [0.25, 0.3) is 64.4 Å². The Kier molecular flexibility index (Phi) is 7.48. The van der Waals surface area contributed by atoms with E-state index in [-0.39, 0.29) is 28.6 Å². The fraction of sp³-hybridized carbons (Fsp3) is 0.276. The predicted molar refractivity (Wildman–Crippen MR) is 271 cm³/mol. The minimum Gasteiger partial charge on any atom is -0.456 e. The van der Waals surface area contributed by atoms with Crippen molar-refractivity contribution in [2.24, 2.45) is 0 Å². The predicted octanol–water partition coefficient (Wildman–Crippen LogP) is 15.2. The lowest BCUT2D eigenvalue weighted by molar-refractivity contribution is 0.199. The van der Waals surface area contributed by atoms with Crippen LogP contribution in [-0.2, 0) is 16.2 Å². The van der Waals surface area contributed by atoms with Crippen molar-refractivity contribution in [3.05, 3.63) is 144 Å². The van der Waals surface area contributed by atoms with Gasteiger partial charge in [-0.05, 0) is 118 Å². The van der Waals surface area contributed by atoms with Crippen LogP contribution in [0.1, 0.15) is 97.8 Å². The van der Waals surface area contributed by atoms with Crippen molar-refractivity contribution < 1.29 is 4.42 Å². The van der Waals surface area contributed by atoms with Gasteiger partial charge in [0.25, 0.3) is 0 Å². The number of hydrogen-bond acceptors (Lipinski definition) is 4. The van der Waals surface area contributed by atoms with Gasteiger partial charge in [-0.2, -0.15) is 0 Å². The van der Waals surface area contributed by atoms with Crippen LogP contribution in [0.4, 0.5) is 22.7 Å². The molecule has 9 aromatic rings. The third-order valence-corrected chi connectivity index (χ3v) is 17.2.